The summed E-state index contributed by atoms with van der Waals surface area (Å²) >= 11 is 0. The molecule has 0 radical (unpaired) electrons. The lowest BCUT2D eigenvalue weighted by Crippen LogP contribution is -2.07. The van der Waals surface area contributed by atoms with Crippen LogP contribution in [-0.2, 0) is 11.3 Å². The smallest absolute Gasteiger partial charge is 0.124 e. The number of epoxide rings is 1. The fourth-order valence-corrected chi connectivity index (χ4v) is 3.47. The Kier molecular flexibility index (Phi) is 3.46. The average molecular weight is 329 g/mol. The molecule has 1 aromatic heterocycles. The van der Waals surface area contributed by atoms with Gasteiger partial charge in [-0.25, -0.2) is 0 Å². The molecule has 2 heterocycles. The van der Waals surface area contributed by atoms with Gasteiger partial charge in [0, 0.05) is 27.4 Å². The lowest BCUT2D eigenvalue weighted by Gasteiger charge is -2.13. The van der Waals surface area contributed by atoms with Gasteiger partial charge in [0.15, 0.2) is 0 Å². The van der Waals surface area contributed by atoms with Crippen LogP contribution in [0.5, 0.6) is 5.75 Å². The van der Waals surface area contributed by atoms with Crippen LogP contribution < -0.4 is 4.74 Å². The van der Waals surface area contributed by atoms with Crippen molar-refractivity contribution in [3.05, 3.63) is 78.4 Å². The quantitative estimate of drug-likeness (QED) is 0.500. The maximum absolute atomic E-state index is 6.00. The van der Waals surface area contributed by atoms with Crippen LogP contribution in [-0.4, -0.2) is 23.9 Å². The monoisotopic (exact) mass is 329 g/mol. The molecule has 3 nitrogen and oxygen atoms in total. The van der Waals surface area contributed by atoms with Crippen LogP contribution >= 0.6 is 0 Å². The lowest BCUT2D eigenvalue weighted by molar-refractivity contribution is 0.261. The van der Waals surface area contributed by atoms with Crippen molar-refractivity contribution in [3.8, 4) is 5.75 Å². The minimum Gasteiger partial charge on any atom is -0.490 e. The standard InChI is InChI=1S/C22H19NO2/c1-6-12-22(25-15-17-14-24-17)16(7-1)13-23-20-10-4-2-8-18(20)19-9-3-5-11-21(19)23/h1-12,17H,13-15H2. The number of fused-ring (bicyclic) bond motifs is 3. The Balaban J connectivity index is 1.59. The van der Waals surface area contributed by atoms with E-state index in [0.717, 1.165) is 18.9 Å². The number of rotatable bonds is 5. The van der Waals surface area contributed by atoms with E-state index in [9.17, 15) is 0 Å². The van der Waals surface area contributed by atoms with E-state index in [1.165, 1.54) is 27.4 Å². The molecule has 1 saturated heterocycles. The van der Waals surface area contributed by atoms with Gasteiger partial charge >= 0.3 is 0 Å². The predicted molar refractivity (Wildman–Crippen MR) is 100 cm³/mol. The number of aromatic nitrogens is 1. The second kappa shape index (κ2) is 5.94. The second-order valence-corrected chi connectivity index (χ2v) is 6.49. The lowest BCUT2D eigenvalue weighted by atomic mass is 10.2. The Morgan fingerprint density at radius 1 is 0.840 bits per heavy atom. The van der Waals surface area contributed by atoms with Crippen LogP contribution in [0.25, 0.3) is 21.8 Å². The highest BCUT2D eigenvalue weighted by Crippen LogP contribution is 2.31. The maximum Gasteiger partial charge on any atom is 0.124 e. The Labute approximate surface area is 146 Å². The summed E-state index contributed by atoms with van der Waals surface area (Å²) in [4.78, 5) is 0. The molecule has 25 heavy (non-hydrogen) atoms. The molecule has 1 aliphatic rings. The van der Waals surface area contributed by atoms with Gasteiger partial charge in [-0.1, -0.05) is 54.6 Å². The first kappa shape index (κ1) is 14.6. The molecule has 1 unspecified atom stereocenters. The van der Waals surface area contributed by atoms with E-state index in [-0.39, 0.29) is 6.10 Å². The highest BCUT2D eigenvalue weighted by atomic mass is 16.6. The largest absolute Gasteiger partial charge is 0.490 e. The van der Waals surface area contributed by atoms with E-state index in [4.69, 9.17) is 9.47 Å². The van der Waals surface area contributed by atoms with Crippen molar-refractivity contribution < 1.29 is 9.47 Å². The summed E-state index contributed by atoms with van der Waals surface area (Å²) in [6.07, 6.45) is 0.265. The third-order valence-corrected chi connectivity index (χ3v) is 4.81. The fourth-order valence-electron chi connectivity index (χ4n) is 3.47. The van der Waals surface area contributed by atoms with Gasteiger partial charge in [0.05, 0.1) is 13.2 Å². The van der Waals surface area contributed by atoms with Gasteiger partial charge < -0.3 is 14.0 Å². The minimum absolute atomic E-state index is 0.265. The SMILES string of the molecule is c1ccc(OCC2CO2)c(Cn2c3ccccc3c3ccccc32)c1. The second-order valence-electron chi connectivity index (χ2n) is 6.49. The third-order valence-electron chi connectivity index (χ3n) is 4.81. The minimum atomic E-state index is 0.265. The zero-order valence-electron chi connectivity index (χ0n) is 13.9. The number of para-hydroxylation sites is 3. The molecular weight excluding hydrogens is 310 g/mol. The summed E-state index contributed by atoms with van der Waals surface area (Å²) in [5.74, 6) is 0.944. The molecule has 3 aromatic carbocycles. The number of nitrogens with zero attached hydrogens (tertiary/aromatic N) is 1. The molecule has 1 atom stereocenters. The summed E-state index contributed by atoms with van der Waals surface area (Å²) in [6, 6.07) is 25.5. The molecule has 124 valence electrons. The first-order valence-corrected chi connectivity index (χ1v) is 8.68. The van der Waals surface area contributed by atoms with Crippen molar-refractivity contribution in [2.45, 2.75) is 12.6 Å². The summed E-state index contributed by atoms with van der Waals surface area (Å²) < 4.78 is 13.6. The van der Waals surface area contributed by atoms with Crippen LogP contribution in [0, 0.1) is 0 Å². The molecule has 0 N–H and O–H groups in total. The zero-order valence-corrected chi connectivity index (χ0v) is 13.9. The van der Waals surface area contributed by atoms with Crippen molar-refractivity contribution in [1.29, 1.82) is 0 Å². The third kappa shape index (κ3) is 2.67. The Morgan fingerprint density at radius 2 is 1.44 bits per heavy atom. The van der Waals surface area contributed by atoms with Gasteiger partial charge in [0.1, 0.15) is 18.5 Å². The maximum atomic E-state index is 6.00. The first-order valence-electron chi connectivity index (χ1n) is 8.68. The molecule has 0 aliphatic carbocycles. The summed E-state index contributed by atoms with van der Waals surface area (Å²) in [6.45, 7) is 2.23. The molecule has 1 aliphatic heterocycles. The van der Waals surface area contributed by atoms with Gasteiger partial charge in [-0.15, -0.1) is 0 Å². The van der Waals surface area contributed by atoms with Gasteiger partial charge in [0.2, 0.25) is 0 Å². The van der Waals surface area contributed by atoms with Crippen LogP contribution in [0.4, 0.5) is 0 Å². The topological polar surface area (TPSA) is 26.7 Å². The van der Waals surface area contributed by atoms with Crippen molar-refractivity contribution in [1.82, 2.24) is 4.57 Å². The molecule has 4 aromatic rings. The highest BCUT2D eigenvalue weighted by Gasteiger charge is 2.23. The molecule has 0 spiro atoms. The molecule has 5 rings (SSSR count). The Hall–Kier alpha value is -2.78. The number of hydrogen-bond donors (Lipinski definition) is 0. The van der Waals surface area contributed by atoms with E-state index in [0.29, 0.717) is 6.61 Å². The first-order chi connectivity index (χ1) is 12.4. The van der Waals surface area contributed by atoms with Crippen LogP contribution in [0.1, 0.15) is 5.56 Å². The molecular formula is C22H19NO2. The number of ether oxygens (including phenoxy) is 2. The van der Waals surface area contributed by atoms with Crippen LogP contribution in [0.3, 0.4) is 0 Å². The van der Waals surface area contributed by atoms with Crippen molar-refractivity contribution in [2.24, 2.45) is 0 Å². The summed E-state index contributed by atoms with van der Waals surface area (Å²) in [5, 5.41) is 2.59. The predicted octanol–water partition coefficient (Wildman–Crippen LogP) is 4.62. The van der Waals surface area contributed by atoms with Gasteiger partial charge in [-0.3, -0.25) is 0 Å². The number of hydrogen-bond acceptors (Lipinski definition) is 2. The van der Waals surface area contributed by atoms with Crippen molar-refractivity contribution in [2.75, 3.05) is 13.2 Å². The van der Waals surface area contributed by atoms with Crippen molar-refractivity contribution >= 4 is 21.8 Å². The van der Waals surface area contributed by atoms with Crippen molar-refractivity contribution in [3.63, 3.8) is 0 Å². The number of benzene rings is 3. The fraction of sp³-hybridized carbons (Fsp3) is 0.182. The van der Waals surface area contributed by atoms with Crippen LogP contribution in [0.2, 0.25) is 0 Å². The van der Waals surface area contributed by atoms with Gasteiger partial charge in [-0.2, -0.15) is 0 Å². The van der Waals surface area contributed by atoms with E-state index in [2.05, 4.69) is 65.2 Å². The summed E-state index contributed by atoms with van der Waals surface area (Å²) in [5.41, 5.74) is 3.70. The molecule has 0 saturated carbocycles. The molecule has 3 heteroatoms. The molecule has 0 amide bonds. The van der Waals surface area contributed by atoms with Gasteiger partial charge in [-0.05, 0) is 18.2 Å². The zero-order chi connectivity index (χ0) is 16.6. The Bertz CT molecular complexity index is 993. The highest BCUT2D eigenvalue weighted by molar-refractivity contribution is 6.08. The van der Waals surface area contributed by atoms with Gasteiger partial charge in [0.25, 0.3) is 0 Å². The van der Waals surface area contributed by atoms with Crippen LogP contribution in [0.15, 0.2) is 72.8 Å². The van der Waals surface area contributed by atoms with E-state index in [1.54, 1.807) is 0 Å². The molecule has 0 bridgehead atoms. The van der Waals surface area contributed by atoms with E-state index < -0.39 is 0 Å². The van der Waals surface area contributed by atoms with E-state index in [1.807, 2.05) is 12.1 Å². The average Bonchev–Trinajstić information content (AvgIpc) is 3.45. The Morgan fingerprint density at radius 3 is 2.12 bits per heavy atom. The normalized spacial score (nSPS) is 16.4. The van der Waals surface area contributed by atoms with E-state index >= 15 is 0 Å². The summed E-state index contributed by atoms with van der Waals surface area (Å²) in [7, 11) is 0. The molecule has 1 fully saturated rings.